The van der Waals surface area contributed by atoms with Crippen LogP contribution in [-0.2, 0) is 9.59 Å². The molecular formula is C13H13FN2O3S. The lowest BCUT2D eigenvalue weighted by Gasteiger charge is -2.40. The second-order valence-electron chi connectivity index (χ2n) is 4.99. The van der Waals surface area contributed by atoms with E-state index >= 15 is 0 Å². The SMILES string of the molecule is CC1(C)C(=O)NC(=O)CN1C(=O)c1cc(S)ccc1F. The van der Waals surface area contributed by atoms with E-state index in [4.69, 9.17) is 0 Å². The molecule has 1 aromatic carbocycles. The normalized spacial score (nSPS) is 17.9. The standard InChI is InChI=1S/C13H13FN2O3S/c1-13(2)12(19)15-10(17)6-16(13)11(18)8-5-7(20)3-4-9(8)14/h3-5,20H,6H2,1-2H3,(H,15,17,19). The number of carbonyl (C=O) groups is 3. The second kappa shape index (κ2) is 4.90. The molecule has 1 aromatic rings. The summed E-state index contributed by atoms with van der Waals surface area (Å²) in [4.78, 5) is 37.1. The maximum absolute atomic E-state index is 13.8. The summed E-state index contributed by atoms with van der Waals surface area (Å²) in [6.07, 6.45) is 0. The van der Waals surface area contributed by atoms with E-state index in [1.807, 2.05) is 0 Å². The average molecular weight is 296 g/mol. The molecule has 1 saturated heterocycles. The lowest BCUT2D eigenvalue weighted by atomic mass is 9.97. The Labute approximate surface area is 120 Å². The number of benzene rings is 1. The molecule has 106 valence electrons. The lowest BCUT2D eigenvalue weighted by Crippen LogP contribution is -2.65. The van der Waals surface area contributed by atoms with E-state index in [1.165, 1.54) is 26.0 Å². The van der Waals surface area contributed by atoms with Crippen molar-refractivity contribution in [2.45, 2.75) is 24.3 Å². The molecular weight excluding hydrogens is 283 g/mol. The molecule has 0 atom stereocenters. The van der Waals surface area contributed by atoms with Gasteiger partial charge >= 0.3 is 0 Å². The van der Waals surface area contributed by atoms with Gasteiger partial charge in [0.15, 0.2) is 0 Å². The maximum atomic E-state index is 13.8. The third kappa shape index (κ3) is 2.40. The van der Waals surface area contributed by atoms with Gasteiger partial charge in [-0.3, -0.25) is 19.7 Å². The Morgan fingerprint density at radius 2 is 2.05 bits per heavy atom. The molecule has 1 fully saturated rings. The summed E-state index contributed by atoms with van der Waals surface area (Å²) < 4.78 is 13.8. The molecule has 5 nitrogen and oxygen atoms in total. The molecule has 0 radical (unpaired) electrons. The molecule has 0 aliphatic carbocycles. The Bertz CT molecular complexity index is 616. The molecule has 7 heteroatoms. The monoisotopic (exact) mass is 296 g/mol. The summed E-state index contributed by atoms with van der Waals surface area (Å²) in [6, 6.07) is 3.80. The summed E-state index contributed by atoms with van der Waals surface area (Å²) in [6.45, 7) is 2.69. The Kier molecular flexibility index (Phi) is 3.56. The Balaban J connectivity index is 2.43. The highest BCUT2D eigenvalue weighted by molar-refractivity contribution is 7.80. The van der Waals surface area contributed by atoms with Crippen molar-refractivity contribution in [1.82, 2.24) is 10.2 Å². The molecule has 0 spiro atoms. The van der Waals surface area contributed by atoms with Crippen molar-refractivity contribution in [3.05, 3.63) is 29.6 Å². The number of amides is 3. The first-order valence-electron chi connectivity index (χ1n) is 5.88. The van der Waals surface area contributed by atoms with E-state index in [0.717, 1.165) is 11.0 Å². The topological polar surface area (TPSA) is 66.5 Å². The van der Waals surface area contributed by atoms with Crippen molar-refractivity contribution in [2.75, 3.05) is 6.54 Å². The van der Waals surface area contributed by atoms with Gasteiger partial charge < -0.3 is 4.90 Å². The van der Waals surface area contributed by atoms with Crippen LogP contribution in [0.2, 0.25) is 0 Å². The first-order chi connectivity index (χ1) is 9.23. The van der Waals surface area contributed by atoms with Crippen molar-refractivity contribution in [2.24, 2.45) is 0 Å². The van der Waals surface area contributed by atoms with E-state index < -0.39 is 29.1 Å². The van der Waals surface area contributed by atoms with Gasteiger partial charge in [0.1, 0.15) is 17.9 Å². The summed E-state index contributed by atoms with van der Waals surface area (Å²) in [7, 11) is 0. The molecule has 1 aliphatic rings. The van der Waals surface area contributed by atoms with Gasteiger partial charge in [0, 0.05) is 4.90 Å². The molecule has 1 aliphatic heterocycles. The van der Waals surface area contributed by atoms with Crippen LogP contribution in [0.4, 0.5) is 4.39 Å². The van der Waals surface area contributed by atoms with Crippen LogP contribution in [0.5, 0.6) is 0 Å². The van der Waals surface area contributed by atoms with Crippen molar-refractivity contribution < 1.29 is 18.8 Å². The highest BCUT2D eigenvalue weighted by atomic mass is 32.1. The molecule has 1 N–H and O–H groups in total. The summed E-state index contributed by atoms with van der Waals surface area (Å²) in [5.41, 5.74) is -1.45. The van der Waals surface area contributed by atoms with Gasteiger partial charge in [-0.05, 0) is 32.0 Å². The van der Waals surface area contributed by atoms with Gasteiger partial charge in [-0.1, -0.05) is 0 Å². The van der Waals surface area contributed by atoms with Crippen LogP contribution in [0.1, 0.15) is 24.2 Å². The first-order valence-corrected chi connectivity index (χ1v) is 6.33. The van der Waals surface area contributed by atoms with Gasteiger partial charge in [-0.15, -0.1) is 12.6 Å². The highest BCUT2D eigenvalue weighted by Gasteiger charge is 2.44. The van der Waals surface area contributed by atoms with Crippen LogP contribution < -0.4 is 5.32 Å². The van der Waals surface area contributed by atoms with Gasteiger partial charge in [-0.25, -0.2) is 4.39 Å². The van der Waals surface area contributed by atoms with Crippen LogP contribution in [0, 0.1) is 5.82 Å². The minimum atomic E-state index is -1.23. The number of hydrogen-bond acceptors (Lipinski definition) is 4. The summed E-state index contributed by atoms with van der Waals surface area (Å²) in [5.74, 6) is -2.62. The summed E-state index contributed by atoms with van der Waals surface area (Å²) in [5, 5.41) is 2.15. The predicted octanol–water partition coefficient (Wildman–Crippen LogP) is 0.992. The molecule has 0 unspecified atom stereocenters. The number of piperazine rings is 1. The zero-order valence-electron chi connectivity index (χ0n) is 10.9. The largest absolute Gasteiger partial charge is 0.315 e. The van der Waals surface area contributed by atoms with E-state index in [-0.39, 0.29) is 12.1 Å². The molecule has 0 aromatic heterocycles. The fourth-order valence-electron chi connectivity index (χ4n) is 1.93. The third-order valence-electron chi connectivity index (χ3n) is 3.21. The van der Waals surface area contributed by atoms with Crippen LogP contribution in [0.15, 0.2) is 23.1 Å². The first kappa shape index (κ1) is 14.5. The van der Waals surface area contributed by atoms with Crippen molar-refractivity contribution in [3.8, 4) is 0 Å². The Hall–Kier alpha value is -1.89. The van der Waals surface area contributed by atoms with Crippen molar-refractivity contribution >= 4 is 30.4 Å². The molecule has 0 bridgehead atoms. The molecule has 1 heterocycles. The van der Waals surface area contributed by atoms with Gasteiger partial charge in [0.25, 0.3) is 11.8 Å². The number of carbonyl (C=O) groups excluding carboxylic acids is 3. The lowest BCUT2D eigenvalue weighted by molar-refractivity contribution is -0.143. The smallest absolute Gasteiger partial charge is 0.258 e. The number of thiol groups is 1. The van der Waals surface area contributed by atoms with E-state index in [0.29, 0.717) is 4.90 Å². The Morgan fingerprint density at radius 1 is 1.40 bits per heavy atom. The van der Waals surface area contributed by atoms with E-state index in [2.05, 4.69) is 17.9 Å². The minimum absolute atomic E-state index is 0.215. The number of halogens is 1. The average Bonchev–Trinajstić information content (AvgIpc) is 2.36. The molecule has 2 rings (SSSR count). The van der Waals surface area contributed by atoms with Gasteiger partial charge in [0.2, 0.25) is 5.91 Å². The second-order valence-corrected chi connectivity index (χ2v) is 5.51. The predicted molar refractivity (Wildman–Crippen MR) is 71.9 cm³/mol. The van der Waals surface area contributed by atoms with E-state index in [1.54, 1.807) is 0 Å². The quantitative estimate of drug-likeness (QED) is 0.600. The van der Waals surface area contributed by atoms with Crippen LogP contribution in [0.25, 0.3) is 0 Å². The molecule has 0 saturated carbocycles. The number of nitrogens with zero attached hydrogens (tertiary/aromatic N) is 1. The Morgan fingerprint density at radius 3 is 2.70 bits per heavy atom. The van der Waals surface area contributed by atoms with Gasteiger partial charge in [-0.2, -0.15) is 0 Å². The minimum Gasteiger partial charge on any atom is -0.315 e. The van der Waals surface area contributed by atoms with Gasteiger partial charge in [0.05, 0.1) is 5.56 Å². The highest BCUT2D eigenvalue weighted by Crippen LogP contribution is 2.23. The van der Waals surface area contributed by atoms with Crippen molar-refractivity contribution in [3.63, 3.8) is 0 Å². The van der Waals surface area contributed by atoms with Crippen LogP contribution in [-0.4, -0.2) is 34.7 Å². The fraction of sp³-hybridized carbons (Fsp3) is 0.308. The number of hydrogen-bond donors (Lipinski definition) is 2. The third-order valence-corrected chi connectivity index (χ3v) is 3.49. The van der Waals surface area contributed by atoms with Crippen LogP contribution >= 0.6 is 12.6 Å². The summed E-state index contributed by atoms with van der Waals surface area (Å²) >= 11 is 4.05. The molecule has 3 amide bonds. The zero-order valence-corrected chi connectivity index (χ0v) is 11.8. The number of imide groups is 1. The van der Waals surface area contributed by atoms with E-state index in [9.17, 15) is 18.8 Å². The number of nitrogens with one attached hydrogen (secondary N) is 1. The van der Waals surface area contributed by atoms with Crippen LogP contribution in [0.3, 0.4) is 0 Å². The fourth-order valence-corrected chi connectivity index (χ4v) is 2.13. The van der Waals surface area contributed by atoms with Crippen molar-refractivity contribution in [1.29, 1.82) is 0 Å². The number of rotatable bonds is 1. The zero-order chi connectivity index (χ0) is 15.1. The molecule has 20 heavy (non-hydrogen) atoms. The maximum Gasteiger partial charge on any atom is 0.258 e.